The Morgan fingerprint density at radius 3 is 2.32 bits per heavy atom. The largest absolute Gasteiger partial charge is 0.465 e. The van der Waals surface area contributed by atoms with Crippen LogP contribution >= 0.6 is 0 Å². The van der Waals surface area contributed by atoms with Crippen LogP contribution in [0.2, 0.25) is 0 Å². The lowest BCUT2D eigenvalue weighted by Crippen LogP contribution is -2.20. The summed E-state index contributed by atoms with van der Waals surface area (Å²) < 4.78 is 37.5. The topological polar surface area (TPSA) is 174 Å². The third kappa shape index (κ3) is 5.46. The van der Waals surface area contributed by atoms with Crippen LogP contribution in [0.3, 0.4) is 0 Å². The van der Waals surface area contributed by atoms with Gasteiger partial charge >= 0.3 is 11.9 Å². The van der Waals surface area contributed by atoms with Crippen molar-refractivity contribution in [3.8, 4) is 0 Å². The Bertz CT molecular complexity index is 1120. The van der Waals surface area contributed by atoms with Crippen LogP contribution in [0.15, 0.2) is 41.3 Å². The summed E-state index contributed by atoms with van der Waals surface area (Å²) in [4.78, 5) is 33.7. The number of esters is 2. The first-order chi connectivity index (χ1) is 14.6. The van der Waals surface area contributed by atoms with E-state index in [0.717, 1.165) is 38.5 Å². The van der Waals surface area contributed by atoms with Crippen molar-refractivity contribution in [3.63, 3.8) is 0 Å². The van der Waals surface area contributed by atoms with Gasteiger partial charge in [0.05, 0.1) is 48.3 Å². The minimum atomic E-state index is -4.54. The highest BCUT2D eigenvalue weighted by Gasteiger charge is 2.26. The summed E-state index contributed by atoms with van der Waals surface area (Å²) in [6.07, 6.45) is 0. The van der Waals surface area contributed by atoms with Crippen molar-refractivity contribution in [2.45, 2.75) is 4.90 Å². The molecule has 0 fully saturated rings. The molecule has 31 heavy (non-hydrogen) atoms. The number of hydrogen-bond acceptors (Lipinski definition) is 10. The molecule has 3 N–H and O–H groups in total. The fourth-order valence-electron chi connectivity index (χ4n) is 2.54. The van der Waals surface area contributed by atoms with Crippen LogP contribution in [0.1, 0.15) is 20.7 Å². The Morgan fingerprint density at radius 1 is 1.06 bits per heavy atom. The van der Waals surface area contributed by atoms with Gasteiger partial charge in [-0.2, -0.15) is 0 Å². The summed E-state index contributed by atoms with van der Waals surface area (Å²) in [6, 6.07) is 6.59. The highest BCUT2D eigenvalue weighted by molar-refractivity contribution is 7.92. The van der Waals surface area contributed by atoms with Gasteiger partial charge in [0.2, 0.25) is 0 Å². The van der Waals surface area contributed by atoms with Crippen molar-refractivity contribution in [1.29, 1.82) is 0 Å². The number of rotatable bonds is 9. The molecule has 2 aromatic rings. The third-order valence-corrected chi connectivity index (χ3v) is 5.39. The quantitative estimate of drug-likeness (QED) is 0.286. The van der Waals surface area contributed by atoms with Gasteiger partial charge in [0.25, 0.3) is 15.7 Å². The molecule has 0 heterocycles. The highest BCUT2D eigenvalue weighted by atomic mass is 32.2. The van der Waals surface area contributed by atoms with Crippen LogP contribution < -0.4 is 10.0 Å². The number of carbonyl (C=O) groups excluding carboxylic acids is 2. The number of hydrogen-bond donors (Lipinski definition) is 3. The molecule has 0 radical (unpaired) electrons. The zero-order valence-corrected chi connectivity index (χ0v) is 17.3. The van der Waals surface area contributed by atoms with E-state index in [1.807, 2.05) is 0 Å². The normalized spacial score (nSPS) is 10.8. The number of methoxy groups -OCH3 is 2. The fraction of sp³-hybridized carbons (Fsp3) is 0.222. The lowest BCUT2D eigenvalue weighted by atomic mass is 10.1. The first kappa shape index (κ1) is 23.6. The third-order valence-electron chi connectivity index (χ3n) is 3.98. The van der Waals surface area contributed by atoms with Crippen LogP contribution in [-0.2, 0) is 19.5 Å². The number of nitrogens with one attached hydrogen (secondary N) is 2. The molecule has 0 unspecified atom stereocenters. The summed E-state index contributed by atoms with van der Waals surface area (Å²) in [5.74, 6) is -1.82. The summed E-state index contributed by atoms with van der Waals surface area (Å²) in [5.41, 5.74) is -0.969. The Morgan fingerprint density at radius 2 is 1.74 bits per heavy atom. The van der Waals surface area contributed by atoms with E-state index >= 15 is 0 Å². The van der Waals surface area contributed by atoms with E-state index < -0.39 is 37.5 Å². The molecular weight excluding hydrogens is 434 g/mol. The number of nitrogens with zero attached hydrogens (tertiary/aromatic N) is 1. The van der Waals surface area contributed by atoms with Crippen LogP contribution in [0.25, 0.3) is 0 Å². The maximum atomic E-state index is 13.1. The second-order valence-electron chi connectivity index (χ2n) is 5.94. The first-order valence-corrected chi connectivity index (χ1v) is 10.1. The van der Waals surface area contributed by atoms with Gasteiger partial charge in [0.15, 0.2) is 0 Å². The predicted molar refractivity (Wildman–Crippen MR) is 109 cm³/mol. The molecule has 0 aliphatic rings. The number of ether oxygens (including phenoxy) is 2. The second kappa shape index (κ2) is 9.86. The lowest BCUT2D eigenvalue weighted by molar-refractivity contribution is -0.384. The molecule has 0 atom stereocenters. The molecule has 2 aromatic carbocycles. The van der Waals surface area contributed by atoms with Gasteiger partial charge < -0.3 is 19.9 Å². The Balaban J connectivity index is 2.62. The number of anilines is 2. The molecule has 0 bridgehead atoms. The molecule has 0 aromatic heterocycles. The molecule has 0 saturated carbocycles. The van der Waals surface area contributed by atoms with E-state index in [-0.39, 0.29) is 35.7 Å². The van der Waals surface area contributed by atoms with Gasteiger partial charge in [-0.3, -0.25) is 14.8 Å². The molecule has 0 saturated heterocycles. The molecule has 0 amide bonds. The van der Waals surface area contributed by atoms with E-state index in [1.54, 1.807) is 0 Å². The van der Waals surface area contributed by atoms with Crippen LogP contribution in [0.5, 0.6) is 0 Å². The van der Waals surface area contributed by atoms with Crippen molar-refractivity contribution in [1.82, 2.24) is 0 Å². The highest BCUT2D eigenvalue weighted by Crippen LogP contribution is 2.30. The van der Waals surface area contributed by atoms with E-state index in [0.29, 0.717) is 0 Å². The number of carbonyl (C=O) groups is 2. The fourth-order valence-corrected chi connectivity index (χ4v) is 3.83. The van der Waals surface area contributed by atoms with Gasteiger partial charge in [-0.1, -0.05) is 0 Å². The van der Waals surface area contributed by atoms with E-state index in [4.69, 9.17) is 5.11 Å². The summed E-state index contributed by atoms with van der Waals surface area (Å²) >= 11 is 0. The monoisotopic (exact) mass is 453 g/mol. The van der Waals surface area contributed by atoms with Gasteiger partial charge in [-0.15, -0.1) is 0 Å². The molecule has 13 heteroatoms. The van der Waals surface area contributed by atoms with Crippen molar-refractivity contribution in [2.75, 3.05) is 37.4 Å². The number of aliphatic hydroxyl groups is 1. The zero-order chi connectivity index (χ0) is 23.2. The molecule has 12 nitrogen and oxygen atoms in total. The Hall–Kier alpha value is -3.71. The van der Waals surface area contributed by atoms with Crippen LogP contribution in [0, 0.1) is 10.1 Å². The number of sulfonamides is 1. The van der Waals surface area contributed by atoms with Crippen molar-refractivity contribution in [2.24, 2.45) is 0 Å². The zero-order valence-electron chi connectivity index (χ0n) is 16.4. The minimum Gasteiger partial charge on any atom is -0.465 e. The van der Waals surface area contributed by atoms with Gasteiger partial charge in [-0.25, -0.2) is 18.0 Å². The van der Waals surface area contributed by atoms with Gasteiger partial charge in [0.1, 0.15) is 4.90 Å². The maximum Gasteiger partial charge on any atom is 0.339 e. The molecular formula is C18H19N3O9S. The first-order valence-electron chi connectivity index (χ1n) is 8.61. The maximum absolute atomic E-state index is 13.1. The van der Waals surface area contributed by atoms with Crippen LogP contribution in [0.4, 0.5) is 17.1 Å². The number of aliphatic hydroxyl groups excluding tert-OH is 1. The molecule has 166 valence electrons. The van der Waals surface area contributed by atoms with E-state index in [1.165, 1.54) is 12.1 Å². The van der Waals surface area contributed by atoms with E-state index in [9.17, 15) is 28.1 Å². The van der Waals surface area contributed by atoms with Gasteiger partial charge in [0, 0.05) is 18.7 Å². The molecule has 2 rings (SSSR count). The average Bonchev–Trinajstić information content (AvgIpc) is 2.76. The van der Waals surface area contributed by atoms with Crippen molar-refractivity contribution in [3.05, 3.63) is 57.6 Å². The standard InChI is InChI=1S/C18H19N3O9S/c1-29-17(23)11-3-5-13(18(24)30-2)16(9-11)31(27,28)20-15-10-12(21(25)26)4-6-14(15)19-7-8-22/h3-6,9-10,19-20,22H,7-8H2,1-2H3. The predicted octanol–water partition coefficient (Wildman–Crippen LogP) is 1.37. The average molecular weight is 453 g/mol. The smallest absolute Gasteiger partial charge is 0.339 e. The van der Waals surface area contributed by atoms with Gasteiger partial charge in [-0.05, 0) is 24.3 Å². The van der Waals surface area contributed by atoms with E-state index in [2.05, 4.69) is 19.5 Å². The Kier molecular flexibility index (Phi) is 7.50. The number of nitro benzene ring substituents is 1. The van der Waals surface area contributed by atoms with Crippen LogP contribution in [-0.4, -0.2) is 57.8 Å². The molecule has 0 aliphatic carbocycles. The summed E-state index contributed by atoms with van der Waals surface area (Å²) in [7, 11) is -2.38. The number of benzene rings is 2. The van der Waals surface area contributed by atoms with Crippen molar-refractivity contribution >= 4 is 39.0 Å². The minimum absolute atomic E-state index is 0.0395. The second-order valence-corrected chi connectivity index (χ2v) is 7.59. The molecule has 0 spiro atoms. The number of non-ortho nitro benzene ring substituents is 1. The SMILES string of the molecule is COC(=O)c1ccc(C(=O)OC)c(S(=O)(=O)Nc2cc([N+](=O)[O-])ccc2NCCO)c1. The molecule has 0 aliphatic heterocycles. The summed E-state index contributed by atoms with van der Waals surface area (Å²) in [5, 5.41) is 22.8. The van der Waals surface area contributed by atoms with Crippen molar-refractivity contribution < 1.29 is 37.5 Å². The summed E-state index contributed by atoms with van der Waals surface area (Å²) in [6.45, 7) is -0.241. The Labute approximate surface area is 177 Å². The lowest BCUT2D eigenvalue weighted by Gasteiger charge is -2.15. The number of nitro groups is 1.